The molecule has 2 heterocycles. The van der Waals surface area contributed by atoms with E-state index >= 15 is 0 Å². The summed E-state index contributed by atoms with van der Waals surface area (Å²) in [4.78, 5) is 2.40. The van der Waals surface area contributed by atoms with Crippen LogP contribution in [0.3, 0.4) is 0 Å². The Balaban J connectivity index is 2.07. The zero-order chi connectivity index (χ0) is 4.15. The second-order valence-electron chi connectivity index (χ2n) is 1.99. The first-order chi connectivity index (χ1) is 2.93. The lowest BCUT2D eigenvalue weighted by Gasteiger charge is -1.85. The van der Waals surface area contributed by atoms with Crippen molar-refractivity contribution in [3.63, 3.8) is 0 Å². The zero-order valence-corrected chi connectivity index (χ0v) is 3.59. The lowest BCUT2D eigenvalue weighted by molar-refractivity contribution is 0.721. The van der Waals surface area contributed by atoms with Crippen LogP contribution in [0.4, 0.5) is 0 Å². The molecule has 2 aliphatic rings. The smallest absolute Gasteiger partial charge is 0.0449 e. The Morgan fingerprint density at radius 3 is 2.50 bits per heavy atom. The third kappa shape index (κ3) is 0.144. The van der Waals surface area contributed by atoms with Gasteiger partial charge in [0.25, 0.3) is 0 Å². The Hall–Kier alpha value is -0.300. The molecule has 6 heavy (non-hydrogen) atoms. The summed E-state index contributed by atoms with van der Waals surface area (Å²) in [5, 5.41) is 0. The van der Waals surface area contributed by atoms with Gasteiger partial charge in [-0.15, -0.1) is 6.58 Å². The molecule has 2 fully saturated rings. The van der Waals surface area contributed by atoms with E-state index in [1.807, 2.05) is 6.08 Å². The topological polar surface area (TPSA) is 3.01 Å². The van der Waals surface area contributed by atoms with Crippen molar-refractivity contribution in [2.24, 2.45) is 0 Å². The van der Waals surface area contributed by atoms with Gasteiger partial charge in [-0.1, -0.05) is 6.08 Å². The average Bonchev–Trinajstić information content (AvgIpc) is 2.12. The summed E-state index contributed by atoms with van der Waals surface area (Å²) in [6.07, 6.45) is 2.02. The van der Waals surface area contributed by atoms with E-state index in [2.05, 4.69) is 11.5 Å². The largest absolute Gasteiger partial charge is 0.288 e. The van der Waals surface area contributed by atoms with Crippen LogP contribution in [-0.2, 0) is 0 Å². The maximum absolute atomic E-state index is 3.66. The summed E-state index contributed by atoms with van der Waals surface area (Å²) in [7, 11) is 0. The van der Waals surface area contributed by atoms with Crippen molar-refractivity contribution in [1.82, 2.24) is 4.90 Å². The summed E-state index contributed by atoms with van der Waals surface area (Å²) in [6.45, 7) is 5.01. The van der Waals surface area contributed by atoms with E-state index in [0.717, 1.165) is 12.1 Å². The van der Waals surface area contributed by atoms with E-state index in [1.54, 1.807) is 0 Å². The molecule has 0 aliphatic carbocycles. The predicted octanol–water partition coefficient (Wildman–Crippen LogP) is 0.239. The van der Waals surface area contributed by atoms with Crippen LogP contribution in [0.1, 0.15) is 0 Å². The van der Waals surface area contributed by atoms with E-state index in [-0.39, 0.29) is 0 Å². The molecule has 2 rings (SSSR count). The number of fused-ring (bicyclic) bond motifs is 1. The van der Waals surface area contributed by atoms with Crippen molar-refractivity contribution >= 4 is 0 Å². The number of hydrogen-bond donors (Lipinski definition) is 0. The molecule has 0 aromatic heterocycles. The molecular formula is C5H7N. The SMILES string of the molecule is C=CC1C2CN12. The fourth-order valence-corrected chi connectivity index (χ4v) is 0.907. The zero-order valence-electron chi connectivity index (χ0n) is 3.59. The molecule has 3 unspecified atom stereocenters. The standard InChI is InChI=1S/C5H7N/c1-2-4-5-3-6(4)5/h2,4-5H,1,3H2. The van der Waals surface area contributed by atoms with Crippen molar-refractivity contribution in [3.8, 4) is 0 Å². The molecule has 1 nitrogen and oxygen atoms in total. The van der Waals surface area contributed by atoms with Crippen molar-refractivity contribution in [2.45, 2.75) is 12.1 Å². The highest BCUT2D eigenvalue weighted by Crippen LogP contribution is 2.43. The van der Waals surface area contributed by atoms with E-state index < -0.39 is 0 Å². The third-order valence-electron chi connectivity index (χ3n) is 1.62. The molecule has 0 bridgehead atoms. The maximum atomic E-state index is 3.66. The first kappa shape index (κ1) is 2.80. The summed E-state index contributed by atoms with van der Waals surface area (Å²) in [5.41, 5.74) is 0. The molecule has 0 spiro atoms. The Labute approximate surface area is 37.3 Å². The average molecular weight is 81.1 g/mol. The van der Waals surface area contributed by atoms with Gasteiger partial charge in [0.15, 0.2) is 0 Å². The van der Waals surface area contributed by atoms with Crippen LogP contribution in [0.2, 0.25) is 0 Å². The highest BCUT2D eigenvalue weighted by Gasteiger charge is 2.59. The van der Waals surface area contributed by atoms with Crippen LogP contribution < -0.4 is 0 Å². The normalized spacial score (nSPS) is 59.7. The van der Waals surface area contributed by atoms with Crippen LogP contribution in [0.15, 0.2) is 12.7 Å². The van der Waals surface area contributed by atoms with Gasteiger partial charge in [-0.3, -0.25) is 4.90 Å². The van der Waals surface area contributed by atoms with Gasteiger partial charge in [-0.25, -0.2) is 0 Å². The molecule has 0 N–H and O–H groups in total. The fraction of sp³-hybridized carbons (Fsp3) is 0.600. The van der Waals surface area contributed by atoms with Gasteiger partial charge < -0.3 is 0 Å². The van der Waals surface area contributed by atoms with E-state index in [4.69, 9.17) is 0 Å². The van der Waals surface area contributed by atoms with E-state index in [1.165, 1.54) is 6.54 Å². The highest BCUT2D eigenvalue weighted by atomic mass is 15.5. The first-order valence-electron chi connectivity index (χ1n) is 2.32. The fourth-order valence-electron chi connectivity index (χ4n) is 0.907. The lowest BCUT2D eigenvalue weighted by Crippen LogP contribution is -1.98. The Kier molecular flexibility index (Phi) is 0.263. The van der Waals surface area contributed by atoms with E-state index in [9.17, 15) is 0 Å². The second-order valence-corrected chi connectivity index (χ2v) is 1.99. The minimum absolute atomic E-state index is 0.796. The van der Waals surface area contributed by atoms with Crippen LogP contribution in [0.25, 0.3) is 0 Å². The monoisotopic (exact) mass is 81.1 g/mol. The molecule has 0 aromatic rings. The molecule has 3 atom stereocenters. The molecule has 0 aromatic carbocycles. The molecular weight excluding hydrogens is 74.1 g/mol. The molecule has 0 radical (unpaired) electrons. The van der Waals surface area contributed by atoms with Crippen molar-refractivity contribution in [3.05, 3.63) is 12.7 Å². The Morgan fingerprint density at radius 1 is 1.83 bits per heavy atom. The summed E-state index contributed by atoms with van der Waals surface area (Å²) in [6, 6.07) is 1.74. The van der Waals surface area contributed by atoms with Gasteiger partial charge in [0.1, 0.15) is 0 Å². The molecule has 2 saturated heterocycles. The first-order valence-corrected chi connectivity index (χ1v) is 2.32. The van der Waals surface area contributed by atoms with Gasteiger partial charge in [0, 0.05) is 18.6 Å². The minimum Gasteiger partial charge on any atom is -0.288 e. The van der Waals surface area contributed by atoms with Crippen molar-refractivity contribution in [2.75, 3.05) is 6.54 Å². The molecule has 0 saturated carbocycles. The number of hydrogen-bond acceptors (Lipinski definition) is 1. The number of rotatable bonds is 1. The van der Waals surface area contributed by atoms with Crippen LogP contribution >= 0.6 is 0 Å². The van der Waals surface area contributed by atoms with Gasteiger partial charge in [0.2, 0.25) is 0 Å². The Morgan fingerprint density at radius 2 is 2.50 bits per heavy atom. The van der Waals surface area contributed by atoms with Crippen LogP contribution in [-0.4, -0.2) is 23.5 Å². The van der Waals surface area contributed by atoms with Gasteiger partial charge in [-0.05, 0) is 0 Å². The van der Waals surface area contributed by atoms with E-state index in [0.29, 0.717) is 0 Å². The molecule has 32 valence electrons. The Bertz CT molecular complexity index is 90.1. The maximum Gasteiger partial charge on any atom is 0.0449 e. The second kappa shape index (κ2) is 0.562. The summed E-state index contributed by atoms with van der Waals surface area (Å²) in [5.74, 6) is 0. The minimum atomic E-state index is 0.796. The van der Waals surface area contributed by atoms with Crippen LogP contribution in [0.5, 0.6) is 0 Å². The van der Waals surface area contributed by atoms with Crippen LogP contribution in [0, 0.1) is 0 Å². The molecule has 2 aliphatic heterocycles. The summed E-state index contributed by atoms with van der Waals surface area (Å²) >= 11 is 0. The molecule has 1 heteroatoms. The molecule has 0 amide bonds. The van der Waals surface area contributed by atoms with Gasteiger partial charge in [0.05, 0.1) is 0 Å². The summed E-state index contributed by atoms with van der Waals surface area (Å²) < 4.78 is 0. The van der Waals surface area contributed by atoms with Gasteiger partial charge >= 0.3 is 0 Å². The quantitative estimate of drug-likeness (QED) is 0.323. The van der Waals surface area contributed by atoms with Crippen molar-refractivity contribution < 1.29 is 0 Å². The highest BCUT2D eigenvalue weighted by molar-refractivity contribution is 5.24. The third-order valence-corrected chi connectivity index (χ3v) is 1.62. The predicted molar refractivity (Wildman–Crippen MR) is 24.5 cm³/mol. The lowest BCUT2D eigenvalue weighted by atomic mass is 10.3. The number of nitrogens with zero attached hydrogens (tertiary/aromatic N) is 1. The van der Waals surface area contributed by atoms with Crippen molar-refractivity contribution in [1.29, 1.82) is 0 Å². The van der Waals surface area contributed by atoms with Gasteiger partial charge in [-0.2, -0.15) is 0 Å².